The molecule has 0 aromatic rings. The molecule has 76 valence electrons. The van der Waals surface area contributed by atoms with E-state index in [2.05, 4.69) is 15.9 Å². The topological polar surface area (TPSA) is 26.3 Å². The smallest absolute Gasteiger partial charge is 0.317 e. The van der Waals surface area contributed by atoms with E-state index in [0.29, 0.717) is 5.33 Å². The van der Waals surface area contributed by atoms with Gasteiger partial charge in [0.1, 0.15) is 10.9 Å². The predicted molar refractivity (Wildman–Crippen MR) is 55.9 cm³/mol. The Morgan fingerprint density at radius 3 is 2.62 bits per heavy atom. The van der Waals surface area contributed by atoms with Gasteiger partial charge in [-0.2, -0.15) is 0 Å². The zero-order chi connectivity index (χ0) is 9.90. The van der Waals surface area contributed by atoms with Crippen LogP contribution in [0.15, 0.2) is 0 Å². The van der Waals surface area contributed by atoms with Gasteiger partial charge in [-0.3, -0.25) is 4.79 Å². The van der Waals surface area contributed by atoms with E-state index in [-0.39, 0.29) is 11.6 Å². The number of hydrogen-bond donors (Lipinski definition) is 0. The molecule has 1 saturated carbocycles. The number of carbonyl (C=O) groups is 1. The first kappa shape index (κ1) is 11.0. The van der Waals surface area contributed by atoms with Gasteiger partial charge in [-0.25, -0.2) is 0 Å². The van der Waals surface area contributed by atoms with Gasteiger partial charge in [0.15, 0.2) is 0 Å². The van der Waals surface area contributed by atoms with Crippen LogP contribution in [0.4, 0.5) is 0 Å². The van der Waals surface area contributed by atoms with Gasteiger partial charge in [-0.05, 0) is 32.6 Å². The van der Waals surface area contributed by atoms with E-state index in [9.17, 15) is 4.79 Å². The van der Waals surface area contributed by atoms with Crippen molar-refractivity contribution >= 4 is 21.9 Å². The Morgan fingerprint density at radius 2 is 2.15 bits per heavy atom. The second kappa shape index (κ2) is 4.45. The standard InChI is InChI=1S/C10H17BrO2/c1-10(2,13-9(12)7-11)6-5-8-3-4-8/h8H,3-7H2,1-2H3. The van der Waals surface area contributed by atoms with Crippen molar-refractivity contribution in [2.24, 2.45) is 5.92 Å². The average molecular weight is 249 g/mol. The third-order valence-electron chi connectivity index (χ3n) is 2.35. The van der Waals surface area contributed by atoms with Crippen LogP contribution in [0.5, 0.6) is 0 Å². The summed E-state index contributed by atoms with van der Waals surface area (Å²) in [6, 6.07) is 0. The largest absolute Gasteiger partial charge is 0.459 e. The lowest BCUT2D eigenvalue weighted by molar-refractivity contribution is -0.153. The molecule has 0 amide bonds. The van der Waals surface area contributed by atoms with Crippen molar-refractivity contribution in [1.29, 1.82) is 0 Å². The SMILES string of the molecule is CC(C)(CCC1CC1)OC(=O)CBr. The summed E-state index contributed by atoms with van der Waals surface area (Å²) in [5.41, 5.74) is -0.284. The summed E-state index contributed by atoms with van der Waals surface area (Å²) in [6.07, 6.45) is 4.91. The number of rotatable bonds is 5. The third kappa shape index (κ3) is 4.65. The molecular formula is C10H17BrO2. The minimum atomic E-state index is -0.284. The molecule has 0 atom stereocenters. The van der Waals surface area contributed by atoms with E-state index in [0.717, 1.165) is 12.3 Å². The van der Waals surface area contributed by atoms with Crippen LogP contribution in [-0.4, -0.2) is 16.9 Å². The number of halogens is 1. The summed E-state index contributed by atoms with van der Waals surface area (Å²) >= 11 is 3.09. The highest BCUT2D eigenvalue weighted by atomic mass is 79.9. The molecule has 1 fully saturated rings. The molecular weight excluding hydrogens is 232 g/mol. The number of esters is 1. The Bertz CT molecular complexity index is 185. The molecule has 1 aliphatic carbocycles. The Hall–Kier alpha value is -0.0500. The van der Waals surface area contributed by atoms with Gasteiger partial charge in [0.25, 0.3) is 0 Å². The van der Waals surface area contributed by atoms with E-state index in [1.54, 1.807) is 0 Å². The van der Waals surface area contributed by atoms with Crippen LogP contribution in [0.3, 0.4) is 0 Å². The lowest BCUT2D eigenvalue weighted by Gasteiger charge is -2.24. The Morgan fingerprint density at radius 1 is 1.54 bits per heavy atom. The van der Waals surface area contributed by atoms with Crippen molar-refractivity contribution in [2.75, 3.05) is 5.33 Å². The second-order valence-electron chi connectivity index (χ2n) is 4.35. The highest BCUT2D eigenvalue weighted by molar-refractivity contribution is 9.09. The summed E-state index contributed by atoms with van der Waals surface area (Å²) in [7, 11) is 0. The van der Waals surface area contributed by atoms with Gasteiger partial charge < -0.3 is 4.74 Å². The highest BCUT2D eigenvalue weighted by Crippen LogP contribution is 2.36. The van der Waals surface area contributed by atoms with Gasteiger partial charge in [0, 0.05) is 0 Å². The van der Waals surface area contributed by atoms with Crippen molar-refractivity contribution in [2.45, 2.75) is 45.1 Å². The third-order valence-corrected chi connectivity index (χ3v) is 2.81. The maximum absolute atomic E-state index is 11.0. The molecule has 1 rings (SSSR count). The van der Waals surface area contributed by atoms with Gasteiger partial charge >= 0.3 is 5.97 Å². The first-order valence-corrected chi connectivity index (χ1v) is 5.93. The summed E-state index contributed by atoms with van der Waals surface area (Å²) in [5.74, 6) is 0.739. The molecule has 0 spiro atoms. The quantitative estimate of drug-likeness (QED) is 0.553. The molecule has 0 aromatic carbocycles. The molecule has 0 saturated heterocycles. The lowest BCUT2D eigenvalue weighted by atomic mass is 10.0. The fourth-order valence-electron chi connectivity index (χ4n) is 1.34. The molecule has 13 heavy (non-hydrogen) atoms. The van der Waals surface area contributed by atoms with Crippen molar-refractivity contribution in [1.82, 2.24) is 0 Å². The molecule has 1 aliphatic rings. The van der Waals surface area contributed by atoms with E-state index in [1.165, 1.54) is 19.3 Å². The van der Waals surface area contributed by atoms with Gasteiger partial charge in [0.05, 0.1) is 0 Å². The molecule has 0 aliphatic heterocycles. The Balaban J connectivity index is 2.21. The molecule has 2 nitrogen and oxygen atoms in total. The van der Waals surface area contributed by atoms with Crippen LogP contribution in [0.1, 0.15) is 39.5 Å². The summed E-state index contributed by atoms with van der Waals surface area (Å²) < 4.78 is 5.28. The second-order valence-corrected chi connectivity index (χ2v) is 4.91. The van der Waals surface area contributed by atoms with Crippen LogP contribution in [0, 0.1) is 5.92 Å². The van der Waals surface area contributed by atoms with Crippen LogP contribution in [0.2, 0.25) is 0 Å². The molecule has 0 aromatic heterocycles. The highest BCUT2D eigenvalue weighted by Gasteiger charge is 2.27. The molecule has 0 N–H and O–H groups in total. The van der Waals surface area contributed by atoms with Crippen molar-refractivity contribution < 1.29 is 9.53 Å². The van der Waals surface area contributed by atoms with Crippen LogP contribution >= 0.6 is 15.9 Å². The summed E-state index contributed by atoms with van der Waals surface area (Å²) in [5, 5.41) is 0.292. The fraction of sp³-hybridized carbons (Fsp3) is 0.900. The number of hydrogen-bond acceptors (Lipinski definition) is 2. The maximum atomic E-state index is 11.0. The molecule has 3 heteroatoms. The maximum Gasteiger partial charge on any atom is 0.317 e. The lowest BCUT2D eigenvalue weighted by Crippen LogP contribution is -2.28. The number of alkyl halides is 1. The monoisotopic (exact) mass is 248 g/mol. The normalized spacial score (nSPS) is 17.2. The number of carbonyl (C=O) groups excluding carboxylic acids is 1. The van der Waals surface area contributed by atoms with Crippen LogP contribution in [-0.2, 0) is 9.53 Å². The average Bonchev–Trinajstić information content (AvgIpc) is 2.83. The Labute approximate surface area is 88.2 Å². The summed E-state index contributed by atoms with van der Waals surface area (Å²) in [4.78, 5) is 11.0. The van der Waals surface area contributed by atoms with Gasteiger partial charge in [0.2, 0.25) is 0 Å². The fourth-order valence-corrected chi connectivity index (χ4v) is 1.46. The summed E-state index contributed by atoms with van der Waals surface area (Å²) in [6.45, 7) is 3.96. The first-order valence-electron chi connectivity index (χ1n) is 4.81. The predicted octanol–water partition coefficient (Wildman–Crippen LogP) is 2.89. The Kier molecular flexibility index (Phi) is 3.77. The van der Waals surface area contributed by atoms with Gasteiger partial charge in [-0.15, -0.1) is 0 Å². The van der Waals surface area contributed by atoms with E-state index in [4.69, 9.17) is 4.74 Å². The van der Waals surface area contributed by atoms with Crippen molar-refractivity contribution in [3.05, 3.63) is 0 Å². The molecule has 0 bridgehead atoms. The molecule has 0 radical (unpaired) electrons. The van der Waals surface area contributed by atoms with Crippen molar-refractivity contribution in [3.63, 3.8) is 0 Å². The molecule has 0 heterocycles. The van der Waals surface area contributed by atoms with E-state index < -0.39 is 0 Å². The first-order chi connectivity index (χ1) is 6.03. The zero-order valence-corrected chi connectivity index (χ0v) is 9.89. The molecule has 0 unspecified atom stereocenters. The minimum Gasteiger partial charge on any atom is -0.459 e. The van der Waals surface area contributed by atoms with E-state index in [1.807, 2.05) is 13.8 Å². The minimum absolute atomic E-state index is 0.166. The van der Waals surface area contributed by atoms with Crippen molar-refractivity contribution in [3.8, 4) is 0 Å². The van der Waals surface area contributed by atoms with E-state index >= 15 is 0 Å². The zero-order valence-electron chi connectivity index (χ0n) is 8.31. The van der Waals surface area contributed by atoms with Gasteiger partial charge in [-0.1, -0.05) is 28.8 Å². The number of ether oxygens (including phenoxy) is 1. The van der Waals surface area contributed by atoms with Crippen LogP contribution < -0.4 is 0 Å². The van der Waals surface area contributed by atoms with Crippen LogP contribution in [0.25, 0.3) is 0 Å².